The van der Waals surface area contributed by atoms with Gasteiger partial charge in [0.15, 0.2) is 11.5 Å². The number of carbonyl (C=O) groups is 2. The predicted octanol–water partition coefficient (Wildman–Crippen LogP) is 5.41. The summed E-state index contributed by atoms with van der Waals surface area (Å²) in [6.07, 6.45) is 5.06. The van der Waals surface area contributed by atoms with Crippen LogP contribution in [0.5, 0.6) is 23.0 Å². The summed E-state index contributed by atoms with van der Waals surface area (Å²) in [6, 6.07) is 20.7. The minimum Gasteiger partial charge on any atom is -0.493 e. The molecule has 1 aliphatic heterocycles. The summed E-state index contributed by atoms with van der Waals surface area (Å²) in [6.45, 7) is 2.64. The average Bonchev–Trinajstić information content (AvgIpc) is 3.12. The Hall–Kier alpha value is -5.75. The molecule has 1 saturated heterocycles. The van der Waals surface area contributed by atoms with Crippen molar-refractivity contribution in [3.63, 3.8) is 0 Å². The number of benzene rings is 3. The molecule has 0 bridgehead atoms. The van der Waals surface area contributed by atoms with Crippen LogP contribution < -0.4 is 30.4 Å². The quantitative estimate of drug-likeness (QED) is 0.192. The van der Waals surface area contributed by atoms with Crippen LogP contribution in [0.1, 0.15) is 23.2 Å². The number of likely N-dealkylation sites (N-methyl/N-ethyl adjacent to an activating group) is 1. The summed E-state index contributed by atoms with van der Waals surface area (Å²) in [5, 5.41) is 6.15. The van der Waals surface area contributed by atoms with E-state index in [4.69, 9.17) is 14.2 Å². The van der Waals surface area contributed by atoms with Gasteiger partial charge in [0.25, 0.3) is 11.5 Å². The molecule has 11 nitrogen and oxygen atoms in total. The van der Waals surface area contributed by atoms with Crippen LogP contribution in [0.15, 0.2) is 96.1 Å². The number of methoxy groups -OCH3 is 1. The van der Waals surface area contributed by atoms with Crippen molar-refractivity contribution in [2.75, 3.05) is 45.7 Å². The van der Waals surface area contributed by atoms with Crippen LogP contribution in [-0.2, 0) is 4.79 Å². The molecular weight excluding hydrogens is 629 g/mol. The smallest absolute Gasteiger partial charge is 0.267 e. The number of nitrogens with zero attached hydrogens (tertiary/aromatic N) is 3. The van der Waals surface area contributed by atoms with Crippen LogP contribution in [-0.4, -0.2) is 66.7 Å². The second kappa shape index (κ2) is 15.0. The Morgan fingerprint density at radius 3 is 2.43 bits per heavy atom. The lowest BCUT2D eigenvalue weighted by Crippen LogP contribution is -2.41. The molecule has 1 aliphatic rings. The molecule has 49 heavy (non-hydrogen) atoms. The van der Waals surface area contributed by atoms with Crippen molar-refractivity contribution in [2.45, 2.75) is 12.8 Å². The van der Waals surface area contributed by atoms with Gasteiger partial charge in [0.05, 0.1) is 25.8 Å². The summed E-state index contributed by atoms with van der Waals surface area (Å²) in [4.78, 5) is 44.4. The largest absolute Gasteiger partial charge is 0.493 e. The van der Waals surface area contributed by atoms with E-state index in [0.29, 0.717) is 59.0 Å². The normalized spacial score (nSPS) is 13.5. The highest BCUT2D eigenvalue weighted by molar-refractivity contribution is 6.04. The van der Waals surface area contributed by atoms with Crippen LogP contribution in [0, 0.1) is 11.7 Å². The molecular formula is C37H36FN5O6. The number of hydrogen-bond donors (Lipinski definition) is 2. The SMILES string of the molecule is CNC(=O)CN1CCC(COc2cc3nccc(Oc4ccc(NC(=O)c5cccn(-c6ccc(F)cc6)c5=O)cc4)c3cc2OC)CC1. The first-order chi connectivity index (χ1) is 23.8. The zero-order valence-corrected chi connectivity index (χ0v) is 27.1. The van der Waals surface area contributed by atoms with E-state index in [-0.39, 0.29) is 11.5 Å². The van der Waals surface area contributed by atoms with Gasteiger partial charge in [-0.25, -0.2) is 4.39 Å². The fourth-order valence-electron chi connectivity index (χ4n) is 5.69. The number of likely N-dealkylation sites (tertiary alicyclic amines) is 1. The molecule has 0 saturated carbocycles. The number of aromatic nitrogens is 2. The fraction of sp³-hybridized carbons (Fsp3) is 0.243. The van der Waals surface area contributed by atoms with E-state index in [9.17, 15) is 18.8 Å². The molecule has 0 atom stereocenters. The van der Waals surface area contributed by atoms with Crippen LogP contribution >= 0.6 is 0 Å². The summed E-state index contributed by atoms with van der Waals surface area (Å²) in [5.41, 5.74) is 0.997. The zero-order valence-electron chi connectivity index (χ0n) is 27.1. The molecule has 3 heterocycles. The van der Waals surface area contributed by atoms with Gasteiger partial charge in [-0.05, 0) is 105 Å². The van der Waals surface area contributed by atoms with E-state index in [1.165, 1.54) is 41.1 Å². The van der Waals surface area contributed by atoms with Crippen molar-refractivity contribution >= 4 is 28.4 Å². The second-order valence-corrected chi connectivity index (χ2v) is 11.7. The van der Waals surface area contributed by atoms with E-state index >= 15 is 0 Å². The average molecular weight is 666 g/mol. The number of anilines is 1. The van der Waals surface area contributed by atoms with Crippen molar-refractivity contribution in [1.82, 2.24) is 19.8 Å². The molecule has 1 fully saturated rings. The number of pyridine rings is 2. The van der Waals surface area contributed by atoms with Crippen molar-refractivity contribution in [3.05, 3.63) is 113 Å². The highest BCUT2D eigenvalue weighted by atomic mass is 19.1. The van der Waals surface area contributed by atoms with Crippen LogP contribution in [0.4, 0.5) is 10.1 Å². The Morgan fingerprint density at radius 1 is 0.959 bits per heavy atom. The lowest BCUT2D eigenvalue weighted by molar-refractivity contribution is -0.122. The van der Waals surface area contributed by atoms with Gasteiger partial charge in [-0.1, -0.05) is 0 Å². The predicted molar refractivity (Wildman–Crippen MR) is 183 cm³/mol. The highest BCUT2D eigenvalue weighted by Gasteiger charge is 2.22. The maximum atomic E-state index is 13.4. The highest BCUT2D eigenvalue weighted by Crippen LogP contribution is 2.37. The first kappa shape index (κ1) is 33.2. The number of amides is 2. The van der Waals surface area contributed by atoms with Gasteiger partial charge < -0.3 is 24.8 Å². The van der Waals surface area contributed by atoms with Crippen molar-refractivity contribution in [1.29, 1.82) is 0 Å². The molecule has 2 aromatic heterocycles. The molecule has 6 rings (SSSR count). The second-order valence-electron chi connectivity index (χ2n) is 11.7. The van der Waals surface area contributed by atoms with E-state index in [0.717, 1.165) is 31.3 Å². The topological polar surface area (TPSA) is 124 Å². The van der Waals surface area contributed by atoms with Crippen LogP contribution in [0.3, 0.4) is 0 Å². The number of halogens is 1. The number of ether oxygens (including phenoxy) is 3. The summed E-state index contributed by atoms with van der Waals surface area (Å²) in [7, 11) is 3.24. The Balaban J connectivity index is 1.10. The lowest BCUT2D eigenvalue weighted by atomic mass is 9.98. The van der Waals surface area contributed by atoms with Gasteiger partial charge in [-0.2, -0.15) is 0 Å². The Morgan fingerprint density at radius 2 is 1.71 bits per heavy atom. The van der Waals surface area contributed by atoms with Gasteiger partial charge in [-0.3, -0.25) is 28.8 Å². The fourth-order valence-corrected chi connectivity index (χ4v) is 5.69. The van der Waals surface area contributed by atoms with Crippen molar-refractivity contribution < 1.29 is 28.2 Å². The Kier molecular flexibility index (Phi) is 10.1. The van der Waals surface area contributed by atoms with E-state index in [2.05, 4.69) is 20.5 Å². The van der Waals surface area contributed by atoms with Gasteiger partial charge in [0, 0.05) is 42.3 Å². The summed E-state index contributed by atoms with van der Waals surface area (Å²) in [5.74, 6) is 1.61. The monoisotopic (exact) mass is 665 g/mol. The van der Waals surface area contributed by atoms with E-state index in [1.54, 1.807) is 56.8 Å². The zero-order chi connectivity index (χ0) is 34.3. The Bertz CT molecular complexity index is 2010. The van der Waals surface area contributed by atoms with Gasteiger partial charge >= 0.3 is 0 Å². The van der Waals surface area contributed by atoms with Crippen LogP contribution in [0.25, 0.3) is 16.6 Å². The van der Waals surface area contributed by atoms with Crippen LogP contribution in [0.2, 0.25) is 0 Å². The minimum atomic E-state index is -0.577. The Labute approximate surface area is 282 Å². The summed E-state index contributed by atoms with van der Waals surface area (Å²) >= 11 is 0. The number of rotatable bonds is 11. The molecule has 0 unspecified atom stereocenters. The van der Waals surface area contributed by atoms with Crippen molar-refractivity contribution in [2.24, 2.45) is 5.92 Å². The van der Waals surface area contributed by atoms with Crippen molar-refractivity contribution in [3.8, 4) is 28.7 Å². The molecule has 5 aromatic rings. The third-order valence-corrected chi connectivity index (χ3v) is 8.45. The maximum Gasteiger partial charge on any atom is 0.267 e. The molecule has 252 valence electrons. The molecule has 0 spiro atoms. The number of piperidine rings is 1. The molecule has 2 N–H and O–H groups in total. The molecule has 12 heteroatoms. The number of hydrogen-bond acceptors (Lipinski definition) is 8. The number of nitrogens with one attached hydrogen (secondary N) is 2. The molecule has 0 radical (unpaired) electrons. The maximum absolute atomic E-state index is 13.4. The standard InChI is InChI=1S/C37H36FN5O6/c1-39-35(44)22-42-18-14-24(15-19-42)23-48-34-21-31-30(20-33(34)47-2)32(13-16-40-31)49-28-11-7-26(8-12-28)41-36(45)29-4-3-17-43(37(29)46)27-9-5-25(38)6-10-27/h3-13,16-17,20-21,24H,14-15,18-19,22-23H2,1-2H3,(H,39,44)(H,41,45). The molecule has 0 aliphatic carbocycles. The lowest BCUT2D eigenvalue weighted by Gasteiger charge is -2.31. The molecule has 2 amide bonds. The van der Waals surface area contributed by atoms with E-state index in [1.807, 2.05) is 12.1 Å². The minimum absolute atomic E-state index is 0.0229. The first-order valence-electron chi connectivity index (χ1n) is 15.9. The number of carbonyl (C=O) groups excluding carboxylic acids is 2. The summed E-state index contributed by atoms with van der Waals surface area (Å²) < 4.78 is 32.7. The third kappa shape index (κ3) is 7.87. The number of fused-ring (bicyclic) bond motifs is 1. The van der Waals surface area contributed by atoms with Gasteiger partial charge in [0.2, 0.25) is 5.91 Å². The molecule has 3 aromatic carbocycles. The first-order valence-corrected chi connectivity index (χ1v) is 15.9. The van der Waals surface area contributed by atoms with E-state index < -0.39 is 17.3 Å². The van der Waals surface area contributed by atoms with Gasteiger partial charge in [-0.15, -0.1) is 0 Å². The third-order valence-electron chi connectivity index (χ3n) is 8.45. The van der Waals surface area contributed by atoms with Gasteiger partial charge in [0.1, 0.15) is 22.9 Å².